The highest BCUT2D eigenvalue weighted by atomic mass is 35.5. The van der Waals surface area contributed by atoms with E-state index in [1.165, 1.54) is 6.08 Å². The van der Waals surface area contributed by atoms with Crippen molar-refractivity contribution in [3.05, 3.63) is 39.9 Å². The highest BCUT2D eigenvalue weighted by Gasteiger charge is 2.00. The van der Waals surface area contributed by atoms with Gasteiger partial charge in [-0.15, -0.1) is 0 Å². The molecule has 0 aliphatic carbocycles. The van der Waals surface area contributed by atoms with Crippen molar-refractivity contribution >= 4 is 41.2 Å². The van der Waals surface area contributed by atoms with Gasteiger partial charge >= 0.3 is 5.97 Å². The van der Waals surface area contributed by atoms with Gasteiger partial charge in [-0.05, 0) is 30.2 Å². The Hall–Kier alpha value is -1.52. The van der Waals surface area contributed by atoms with Crippen molar-refractivity contribution in [2.45, 2.75) is 12.8 Å². The van der Waals surface area contributed by atoms with E-state index in [4.69, 9.17) is 28.3 Å². The van der Waals surface area contributed by atoms with Gasteiger partial charge in [-0.2, -0.15) is 0 Å². The molecule has 1 amide bonds. The number of hydrogen-bond acceptors (Lipinski definition) is 2. The molecule has 6 heteroatoms. The van der Waals surface area contributed by atoms with Gasteiger partial charge in [-0.25, -0.2) is 0 Å². The number of rotatable bonds is 6. The van der Waals surface area contributed by atoms with Crippen LogP contribution in [0.4, 0.5) is 0 Å². The van der Waals surface area contributed by atoms with E-state index >= 15 is 0 Å². The second kappa shape index (κ2) is 7.81. The highest BCUT2D eigenvalue weighted by molar-refractivity contribution is 6.42. The number of amides is 1. The Bertz CT molecular complexity index is 501. The number of aliphatic carboxylic acids is 1. The van der Waals surface area contributed by atoms with Crippen LogP contribution >= 0.6 is 23.2 Å². The van der Waals surface area contributed by atoms with Crippen LogP contribution in [0.15, 0.2) is 24.3 Å². The molecule has 102 valence electrons. The molecule has 1 aromatic carbocycles. The molecule has 0 heterocycles. The van der Waals surface area contributed by atoms with Gasteiger partial charge < -0.3 is 10.4 Å². The van der Waals surface area contributed by atoms with Crippen LogP contribution in [0.5, 0.6) is 0 Å². The standard InChI is InChI=1S/C13H13Cl2NO3/c14-10-5-3-9(8-11(10)15)4-6-12(17)16-7-1-2-13(18)19/h3-6,8H,1-2,7H2,(H,16,17)(H,18,19)/b6-4+. The lowest BCUT2D eigenvalue weighted by molar-refractivity contribution is -0.137. The predicted molar refractivity (Wildman–Crippen MR) is 75.4 cm³/mol. The van der Waals surface area contributed by atoms with Crippen LogP contribution in [0, 0.1) is 0 Å². The first-order chi connectivity index (χ1) is 8.99. The smallest absolute Gasteiger partial charge is 0.303 e. The molecule has 0 fully saturated rings. The van der Waals surface area contributed by atoms with Gasteiger partial charge in [-0.1, -0.05) is 29.3 Å². The maximum Gasteiger partial charge on any atom is 0.303 e. The number of halogens is 2. The summed E-state index contributed by atoms with van der Waals surface area (Å²) in [5.41, 5.74) is 0.759. The van der Waals surface area contributed by atoms with Gasteiger partial charge in [0.25, 0.3) is 0 Å². The molecule has 19 heavy (non-hydrogen) atoms. The number of nitrogens with one attached hydrogen (secondary N) is 1. The largest absolute Gasteiger partial charge is 0.481 e. The van der Waals surface area contributed by atoms with Crippen LogP contribution in [0.2, 0.25) is 10.0 Å². The molecule has 2 N–H and O–H groups in total. The average Bonchev–Trinajstić information content (AvgIpc) is 2.36. The Labute approximate surface area is 121 Å². The zero-order chi connectivity index (χ0) is 14.3. The van der Waals surface area contributed by atoms with Gasteiger partial charge in [0.05, 0.1) is 10.0 Å². The predicted octanol–water partition coefficient (Wildman–Crippen LogP) is 2.99. The lowest BCUT2D eigenvalue weighted by Crippen LogP contribution is -2.22. The summed E-state index contributed by atoms with van der Waals surface area (Å²) >= 11 is 11.6. The molecular formula is C13H13Cl2NO3. The molecule has 0 aromatic heterocycles. The molecule has 0 aliphatic heterocycles. The first kappa shape index (κ1) is 15.5. The highest BCUT2D eigenvalue weighted by Crippen LogP contribution is 2.22. The number of carboxylic acids is 1. The van der Waals surface area contributed by atoms with Crippen molar-refractivity contribution in [2.24, 2.45) is 0 Å². The van der Waals surface area contributed by atoms with Crippen LogP contribution in [0.1, 0.15) is 18.4 Å². The molecule has 1 aromatic rings. The molecule has 1 rings (SSSR count). The minimum atomic E-state index is -0.874. The summed E-state index contributed by atoms with van der Waals surface area (Å²) < 4.78 is 0. The molecule has 0 spiro atoms. The number of hydrogen-bond donors (Lipinski definition) is 2. The zero-order valence-electron chi connectivity index (χ0n) is 10.0. The maximum absolute atomic E-state index is 11.4. The van der Waals surface area contributed by atoms with E-state index in [1.807, 2.05) is 0 Å². The summed E-state index contributed by atoms with van der Waals surface area (Å²) in [5.74, 6) is -1.16. The second-order valence-corrected chi connectivity index (χ2v) is 4.61. The van der Waals surface area contributed by atoms with Crippen molar-refractivity contribution in [3.8, 4) is 0 Å². The summed E-state index contributed by atoms with van der Waals surface area (Å²) in [5, 5.41) is 11.9. The van der Waals surface area contributed by atoms with Crippen LogP contribution < -0.4 is 5.32 Å². The summed E-state index contributed by atoms with van der Waals surface area (Å²) in [6, 6.07) is 5.04. The third-order valence-electron chi connectivity index (χ3n) is 2.24. The zero-order valence-corrected chi connectivity index (χ0v) is 11.5. The lowest BCUT2D eigenvalue weighted by Gasteiger charge is -2.00. The minimum absolute atomic E-state index is 0.0385. The Morgan fingerprint density at radius 2 is 2.00 bits per heavy atom. The van der Waals surface area contributed by atoms with Gasteiger partial charge in [0.2, 0.25) is 5.91 Å². The SMILES string of the molecule is O=C(O)CCCNC(=O)/C=C/c1ccc(Cl)c(Cl)c1. The third-order valence-corrected chi connectivity index (χ3v) is 2.98. The fraction of sp³-hybridized carbons (Fsp3) is 0.231. The topological polar surface area (TPSA) is 66.4 Å². The van der Waals surface area contributed by atoms with Crippen molar-refractivity contribution in [1.29, 1.82) is 0 Å². The first-order valence-electron chi connectivity index (χ1n) is 5.62. The van der Waals surface area contributed by atoms with Gasteiger partial charge in [0.15, 0.2) is 0 Å². The summed E-state index contributed by atoms with van der Waals surface area (Å²) in [7, 11) is 0. The quantitative estimate of drug-likeness (QED) is 0.627. The molecule has 0 aliphatic rings. The van der Waals surface area contributed by atoms with E-state index in [0.717, 1.165) is 5.56 Å². The monoisotopic (exact) mass is 301 g/mol. The van der Waals surface area contributed by atoms with Crippen molar-refractivity contribution in [1.82, 2.24) is 5.32 Å². The van der Waals surface area contributed by atoms with Crippen molar-refractivity contribution in [2.75, 3.05) is 6.54 Å². The number of carbonyl (C=O) groups excluding carboxylic acids is 1. The Kier molecular flexibility index (Phi) is 6.39. The number of benzene rings is 1. The molecular weight excluding hydrogens is 289 g/mol. The van der Waals surface area contributed by atoms with E-state index in [2.05, 4.69) is 5.32 Å². The van der Waals surface area contributed by atoms with E-state index < -0.39 is 5.97 Å². The Morgan fingerprint density at radius 3 is 2.63 bits per heavy atom. The summed E-state index contributed by atoms with van der Waals surface area (Å²) in [6.45, 7) is 0.330. The molecule has 0 saturated carbocycles. The fourth-order valence-electron chi connectivity index (χ4n) is 1.30. The van der Waals surface area contributed by atoms with Crippen molar-refractivity contribution < 1.29 is 14.7 Å². The number of carboxylic acid groups (broad SMARTS) is 1. The van der Waals surface area contributed by atoms with E-state index in [0.29, 0.717) is 23.0 Å². The van der Waals surface area contributed by atoms with Gasteiger partial charge in [-0.3, -0.25) is 9.59 Å². The molecule has 0 bridgehead atoms. The molecule has 0 saturated heterocycles. The maximum atomic E-state index is 11.4. The second-order valence-electron chi connectivity index (χ2n) is 3.80. The Morgan fingerprint density at radius 1 is 1.26 bits per heavy atom. The summed E-state index contributed by atoms with van der Waals surface area (Å²) in [4.78, 5) is 21.7. The average molecular weight is 302 g/mol. The van der Waals surface area contributed by atoms with Crippen molar-refractivity contribution in [3.63, 3.8) is 0 Å². The van der Waals surface area contributed by atoms with E-state index in [-0.39, 0.29) is 12.3 Å². The van der Waals surface area contributed by atoms with Gasteiger partial charge in [0, 0.05) is 19.0 Å². The van der Waals surface area contributed by atoms with Crippen LogP contribution in [0.25, 0.3) is 6.08 Å². The first-order valence-corrected chi connectivity index (χ1v) is 6.37. The molecule has 4 nitrogen and oxygen atoms in total. The molecule has 0 unspecified atom stereocenters. The van der Waals surface area contributed by atoms with E-state index in [9.17, 15) is 9.59 Å². The fourth-order valence-corrected chi connectivity index (χ4v) is 1.60. The molecule has 0 atom stereocenters. The van der Waals surface area contributed by atoms with Crippen LogP contribution in [0.3, 0.4) is 0 Å². The molecule has 0 radical (unpaired) electrons. The normalized spacial score (nSPS) is 10.6. The number of carbonyl (C=O) groups is 2. The third kappa shape index (κ3) is 6.27. The van der Waals surface area contributed by atoms with E-state index in [1.54, 1.807) is 24.3 Å². The summed E-state index contributed by atoms with van der Waals surface area (Å²) in [6.07, 6.45) is 3.41. The Balaban J connectivity index is 2.40. The van der Waals surface area contributed by atoms with Crippen LogP contribution in [-0.4, -0.2) is 23.5 Å². The van der Waals surface area contributed by atoms with Gasteiger partial charge in [0.1, 0.15) is 0 Å². The lowest BCUT2D eigenvalue weighted by atomic mass is 10.2. The van der Waals surface area contributed by atoms with Crippen LogP contribution in [-0.2, 0) is 9.59 Å². The minimum Gasteiger partial charge on any atom is -0.481 e.